The first-order valence-electron chi connectivity index (χ1n) is 9.49. The fraction of sp³-hybridized carbons (Fsp3) is 0.182. The van der Waals surface area contributed by atoms with Crippen LogP contribution in [0.25, 0.3) is 11.5 Å². The van der Waals surface area contributed by atoms with E-state index in [1.165, 1.54) is 0 Å². The van der Waals surface area contributed by atoms with Gasteiger partial charge in [0.2, 0.25) is 0 Å². The molecule has 0 aliphatic heterocycles. The average Bonchev–Trinajstić information content (AvgIpc) is 3.41. The number of para-hydroxylation sites is 1. The number of aromatic nitrogens is 5. The first-order chi connectivity index (χ1) is 14.1. The third-order valence-corrected chi connectivity index (χ3v) is 4.26. The van der Waals surface area contributed by atoms with Crippen LogP contribution in [0.5, 0.6) is 0 Å². The van der Waals surface area contributed by atoms with Gasteiger partial charge in [-0.3, -0.25) is 9.36 Å². The van der Waals surface area contributed by atoms with E-state index < -0.39 is 0 Å². The molecule has 148 valence electrons. The molecule has 1 aromatic carbocycles. The summed E-state index contributed by atoms with van der Waals surface area (Å²) in [5, 5.41) is 2.84. The van der Waals surface area contributed by atoms with E-state index in [2.05, 4.69) is 20.3 Å². The lowest BCUT2D eigenvalue weighted by atomic mass is 10.2. The number of carbonyl (C=O) groups excluding carboxylic acids is 1. The summed E-state index contributed by atoms with van der Waals surface area (Å²) < 4.78 is 3.71. The van der Waals surface area contributed by atoms with E-state index in [1.54, 1.807) is 35.6 Å². The summed E-state index contributed by atoms with van der Waals surface area (Å²) in [6.45, 7) is 7.91. The minimum atomic E-state index is -0.275. The Hall–Kier alpha value is -3.74. The maximum Gasteiger partial charge on any atom is 0.275 e. The summed E-state index contributed by atoms with van der Waals surface area (Å²) >= 11 is 0. The van der Waals surface area contributed by atoms with Crippen LogP contribution < -0.4 is 5.32 Å². The number of imidazole rings is 2. The maximum absolute atomic E-state index is 12.6. The van der Waals surface area contributed by atoms with Crippen molar-refractivity contribution in [3.05, 3.63) is 84.6 Å². The van der Waals surface area contributed by atoms with Crippen LogP contribution in [-0.4, -0.2) is 30.0 Å². The molecule has 29 heavy (non-hydrogen) atoms. The van der Waals surface area contributed by atoms with E-state index >= 15 is 0 Å². The minimum Gasteiger partial charge on any atom is -0.319 e. The fourth-order valence-corrected chi connectivity index (χ4v) is 2.86. The number of pyridine rings is 1. The Morgan fingerprint density at radius 1 is 1.07 bits per heavy atom. The maximum atomic E-state index is 12.6. The van der Waals surface area contributed by atoms with Crippen molar-refractivity contribution in [2.45, 2.75) is 27.7 Å². The second kappa shape index (κ2) is 8.97. The Morgan fingerprint density at radius 3 is 2.52 bits per heavy atom. The first-order valence-corrected chi connectivity index (χ1v) is 9.49. The van der Waals surface area contributed by atoms with Gasteiger partial charge in [-0.2, -0.15) is 0 Å². The first kappa shape index (κ1) is 20.0. The molecule has 4 rings (SSSR count). The molecule has 3 heterocycles. The van der Waals surface area contributed by atoms with Crippen LogP contribution in [0, 0.1) is 13.8 Å². The molecule has 0 fully saturated rings. The Bertz CT molecular complexity index is 1080. The summed E-state index contributed by atoms with van der Waals surface area (Å²) in [6.07, 6.45) is 8.52. The highest BCUT2D eigenvalue weighted by Gasteiger charge is 2.14. The lowest BCUT2D eigenvalue weighted by Gasteiger charge is -2.07. The Labute approximate surface area is 170 Å². The van der Waals surface area contributed by atoms with Crippen molar-refractivity contribution in [3.63, 3.8) is 0 Å². The van der Waals surface area contributed by atoms with Crippen molar-refractivity contribution < 1.29 is 4.79 Å². The zero-order chi connectivity index (χ0) is 20.8. The van der Waals surface area contributed by atoms with Gasteiger partial charge in [-0.25, -0.2) is 15.0 Å². The average molecular weight is 388 g/mol. The zero-order valence-corrected chi connectivity index (χ0v) is 17.0. The van der Waals surface area contributed by atoms with Crippen LogP contribution in [-0.2, 0) is 0 Å². The Morgan fingerprint density at radius 2 is 1.86 bits per heavy atom. The van der Waals surface area contributed by atoms with Gasteiger partial charge < -0.3 is 9.88 Å². The lowest BCUT2D eigenvalue weighted by molar-refractivity contribution is 0.102. The smallest absolute Gasteiger partial charge is 0.275 e. The topological polar surface area (TPSA) is 77.6 Å². The van der Waals surface area contributed by atoms with Gasteiger partial charge in [-0.15, -0.1) is 0 Å². The van der Waals surface area contributed by atoms with Crippen LogP contribution in [0.2, 0.25) is 0 Å². The highest BCUT2D eigenvalue weighted by Crippen LogP contribution is 2.17. The quantitative estimate of drug-likeness (QED) is 0.564. The molecule has 0 aliphatic rings. The van der Waals surface area contributed by atoms with Gasteiger partial charge in [-0.1, -0.05) is 32.0 Å². The van der Waals surface area contributed by atoms with Gasteiger partial charge in [0, 0.05) is 24.3 Å². The van der Waals surface area contributed by atoms with E-state index in [-0.39, 0.29) is 5.91 Å². The van der Waals surface area contributed by atoms with Crippen molar-refractivity contribution in [3.8, 4) is 11.5 Å². The van der Waals surface area contributed by atoms with Crippen molar-refractivity contribution in [2.24, 2.45) is 0 Å². The second-order valence-corrected chi connectivity index (χ2v) is 6.16. The molecule has 1 amide bonds. The fourth-order valence-electron chi connectivity index (χ4n) is 2.86. The van der Waals surface area contributed by atoms with Crippen molar-refractivity contribution in [1.29, 1.82) is 0 Å². The molecule has 4 aromatic rings. The van der Waals surface area contributed by atoms with E-state index in [0.717, 1.165) is 22.9 Å². The van der Waals surface area contributed by atoms with Gasteiger partial charge in [0.1, 0.15) is 23.7 Å². The molecule has 0 spiro atoms. The van der Waals surface area contributed by atoms with Gasteiger partial charge in [0.25, 0.3) is 5.91 Å². The number of carbonyl (C=O) groups is 1. The van der Waals surface area contributed by atoms with E-state index in [4.69, 9.17) is 0 Å². The van der Waals surface area contributed by atoms with Crippen LogP contribution in [0.3, 0.4) is 0 Å². The monoisotopic (exact) mass is 388 g/mol. The molecule has 7 nitrogen and oxygen atoms in total. The van der Waals surface area contributed by atoms with Crippen molar-refractivity contribution in [1.82, 2.24) is 24.1 Å². The van der Waals surface area contributed by atoms with Crippen LogP contribution >= 0.6 is 0 Å². The summed E-state index contributed by atoms with van der Waals surface area (Å²) in [5.74, 6) is 1.20. The highest BCUT2D eigenvalue weighted by atomic mass is 16.1. The summed E-state index contributed by atoms with van der Waals surface area (Å²) in [5.41, 5.74) is 3.08. The molecule has 0 bridgehead atoms. The predicted octanol–water partition coefficient (Wildman–Crippen LogP) is 4.35. The molecular weight excluding hydrogens is 364 g/mol. The lowest BCUT2D eigenvalue weighted by Crippen LogP contribution is -2.12. The zero-order valence-electron chi connectivity index (χ0n) is 17.0. The molecule has 0 unspecified atom stereocenters. The Balaban J connectivity index is 0.00000117. The number of nitrogens with one attached hydrogen (secondary N) is 1. The molecule has 0 saturated heterocycles. The number of amides is 1. The molecule has 3 aromatic heterocycles. The third-order valence-electron chi connectivity index (χ3n) is 4.26. The third kappa shape index (κ3) is 4.40. The molecule has 1 N–H and O–H groups in total. The molecule has 0 radical (unpaired) electrons. The number of rotatable bonds is 4. The second-order valence-electron chi connectivity index (χ2n) is 6.16. The summed E-state index contributed by atoms with van der Waals surface area (Å²) in [4.78, 5) is 25.3. The summed E-state index contributed by atoms with van der Waals surface area (Å²) in [7, 11) is 0. The van der Waals surface area contributed by atoms with Crippen LogP contribution in [0.1, 0.15) is 35.7 Å². The highest BCUT2D eigenvalue weighted by molar-refractivity contribution is 6.02. The summed E-state index contributed by atoms with van der Waals surface area (Å²) in [6, 6.07) is 11.6. The van der Waals surface area contributed by atoms with Gasteiger partial charge in [-0.05, 0) is 37.6 Å². The standard InChI is InChI=1S/C20H18N6O.C2H6/c1-14-5-3-4-6-18(14)26-12-17(23-15(26)2)20(27)24-16-7-8-19(22-11-16)25-10-9-21-13-25;1-2/h3-13H,1-2H3,(H,24,27);1-2H3. The number of hydrogen-bond donors (Lipinski definition) is 1. The molecule has 7 heteroatoms. The van der Waals surface area contributed by atoms with Gasteiger partial charge >= 0.3 is 0 Å². The number of anilines is 1. The number of benzene rings is 1. The van der Waals surface area contributed by atoms with Crippen LogP contribution in [0.4, 0.5) is 5.69 Å². The van der Waals surface area contributed by atoms with E-state index in [0.29, 0.717) is 11.4 Å². The normalized spacial score (nSPS) is 10.2. The number of nitrogens with zero attached hydrogens (tertiary/aromatic N) is 5. The predicted molar refractivity (Wildman–Crippen MR) is 114 cm³/mol. The SMILES string of the molecule is CC.Cc1ccccc1-n1cc(C(=O)Nc2ccc(-n3ccnc3)nc2)nc1C. The Kier molecular flexibility index (Phi) is 6.19. The van der Waals surface area contributed by atoms with E-state index in [1.807, 2.05) is 68.8 Å². The minimum absolute atomic E-state index is 0.275. The number of hydrogen-bond acceptors (Lipinski definition) is 4. The van der Waals surface area contributed by atoms with Crippen LogP contribution in [0.15, 0.2) is 67.5 Å². The van der Waals surface area contributed by atoms with E-state index in [9.17, 15) is 4.79 Å². The molecule has 0 saturated carbocycles. The molecule has 0 aliphatic carbocycles. The van der Waals surface area contributed by atoms with Gasteiger partial charge in [0.15, 0.2) is 0 Å². The largest absolute Gasteiger partial charge is 0.319 e. The molecule has 0 atom stereocenters. The number of aryl methyl sites for hydroxylation is 2. The van der Waals surface area contributed by atoms with Gasteiger partial charge in [0.05, 0.1) is 11.9 Å². The molecular formula is C22H24N6O. The van der Waals surface area contributed by atoms with Crippen molar-refractivity contribution in [2.75, 3.05) is 5.32 Å². The van der Waals surface area contributed by atoms with Crippen molar-refractivity contribution >= 4 is 11.6 Å².